The number of oxazole rings is 1. The SMILES string of the molecule is NC(=O)c1cc2oc(OC(F)CO)nc2cc1Nc1ccc(Br)cc1Cl. The van der Waals surface area contributed by atoms with Crippen LogP contribution in [0.15, 0.2) is 39.2 Å². The molecule has 1 atom stereocenters. The van der Waals surface area contributed by atoms with E-state index >= 15 is 0 Å². The number of primary amides is 1. The van der Waals surface area contributed by atoms with Crippen molar-refractivity contribution in [1.82, 2.24) is 4.98 Å². The van der Waals surface area contributed by atoms with Crippen molar-refractivity contribution in [3.8, 4) is 6.08 Å². The highest BCUT2D eigenvalue weighted by Crippen LogP contribution is 2.33. The number of aliphatic hydroxyl groups excluding tert-OH is 1. The number of ether oxygens (including phenoxy) is 1. The molecule has 3 rings (SSSR count). The maximum Gasteiger partial charge on any atom is 0.397 e. The average Bonchev–Trinajstić information content (AvgIpc) is 2.97. The van der Waals surface area contributed by atoms with Gasteiger partial charge in [0.1, 0.15) is 12.1 Å². The zero-order chi connectivity index (χ0) is 18.8. The van der Waals surface area contributed by atoms with Gasteiger partial charge in [0, 0.05) is 4.47 Å². The van der Waals surface area contributed by atoms with Crippen molar-refractivity contribution in [2.45, 2.75) is 6.36 Å². The fourth-order valence-electron chi connectivity index (χ4n) is 2.19. The van der Waals surface area contributed by atoms with Crippen LogP contribution in [0.3, 0.4) is 0 Å². The van der Waals surface area contributed by atoms with Crippen LogP contribution in [0.1, 0.15) is 10.4 Å². The Morgan fingerprint density at radius 2 is 2.19 bits per heavy atom. The first kappa shape index (κ1) is 18.4. The number of carbonyl (C=O) groups is 1. The van der Waals surface area contributed by atoms with Gasteiger partial charge in [-0.3, -0.25) is 4.79 Å². The molecule has 0 saturated heterocycles. The summed E-state index contributed by atoms with van der Waals surface area (Å²) in [5, 5.41) is 12.1. The first-order valence-corrected chi connectivity index (χ1v) is 8.42. The molecule has 0 fully saturated rings. The topological polar surface area (TPSA) is 111 Å². The Hall–Kier alpha value is -2.36. The minimum Gasteiger partial charge on any atom is -0.413 e. The molecular formula is C16H12BrClFN3O4. The summed E-state index contributed by atoms with van der Waals surface area (Å²) in [6.07, 6.45) is -2.35. The van der Waals surface area contributed by atoms with Crippen molar-refractivity contribution in [2.75, 3.05) is 11.9 Å². The largest absolute Gasteiger partial charge is 0.413 e. The Labute approximate surface area is 160 Å². The van der Waals surface area contributed by atoms with Crippen molar-refractivity contribution in [1.29, 1.82) is 0 Å². The van der Waals surface area contributed by atoms with Gasteiger partial charge in [-0.1, -0.05) is 27.5 Å². The van der Waals surface area contributed by atoms with Gasteiger partial charge in [0.2, 0.25) is 0 Å². The molecule has 0 aliphatic heterocycles. The Balaban J connectivity index is 2.02. The minimum atomic E-state index is -1.97. The first-order chi connectivity index (χ1) is 12.4. The van der Waals surface area contributed by atoms with Crippen LogP contribution in [0.4, 0.5) is 15.8 Å². The number of alkyl halides is 1. The lowest BCUT2D eigenvalue weighted by molar-refractivity contribution is -0.00558. The van der Waals surface area contributed by atoms with Crippen LogP contribution < -0.4 is 15.8 Å². The summed E-state index contributed by atoms with van der Waals surface area (Å²) in [7, 11) is 0. The Kier molecular flexibility index (Phi) is 5.30. The highest BCUT2D eigenvalue weighted by Gasteiger charge is 2.18. The van der Waals surface area contributed by atoms with Gasteiger partial charge in [-0.05, 0) is 30.3 Å². The molecule has 2 aromatic carbocycles. The smallest absolute Gasteiger partial charge is 0.397 e. The minimum absolute atomic E-state index is 0.123. The molecule has 0 aliphatic rings. The summed E-state index contributed by atoms with van der Waals surface area (Å²) < 4.78 is 23.8. The molecular weight excluding hydrogens is 433 g/mol. The van der Waals surface area contributed by atoms with Gasteiger partial charge in [-0.25, -0.2) is 0 Å². The number of nitrogens with two attached hydrogens (primary N) is 1. The van der Waals surface area contributed by atoms with Crippen LogP contribution in [0, 0.1) is 0 Å². The molecule has 1 heterocycles. The number of aromatic nitrogens is 1. The van der Waals surface area contributed by atoms with Gasteiger partial charge in [0.15, 0.2) is 5.58 Å². The lowest BCUT2D eigenvalue weighted by Gasteiger charge is -2.11. The normalized spacial score (nSPS) is 12.2. The molecule has 4 N–H and O–H groups in total. The van der Waals surface area contributed by atoms with Gasteiger partial charge in [0.25, 0.3) is 12.3 Å². The Morgan fingerprint density at radius 3 is 2.85 bits per heavy atom. The predicted octanol–water partition coefficient (Wildman–Crippen LogP) is 3.75. The molecule has 136 valence electrons. The number of carbonyl (C=O) groups excluding carboxylic acids is 1. The molecule has 1 aromatic heterocycles. The summed E-state index contributed by atoms with van der Waals surface area (Å²) in [6, 6.07) is 8.03. The Bertz CT molecular complexity index is 982. The molecule has 1 unspecified atom stereocenters. The molecule has 0 radical (unpaired) electrons. The fraction of sp³-hybridized carbons (Fsp3) is 0.125. The van der Waals surface area contributed by atoms with E-state index in [0.29, 0.717) is 21.9 Å². The molecule has 0 spiro atoms. The van der Waals surface area contributed by atoms with E-state index in [4.69, 9.17) is 26.9 Å². The van der Waals surface area contributed by atoms with E-state index < -0.39 is 18.9 Å². The van der Waals surface area contributed by atoms with Crippen LogP contribution in [0.2, 0.25) is 5.02 Å². The van der Waals surface area contributed by atoms with Crippen LogP contribution >= 0.6 is 27.5 Å². The third-order valence-corrected chi connectivity index (χ3v) is 4.15. The summed E-state index contributed by atoms with van der Waals surface area (Å²) in [4.78, 5) is 15.7. The second-order valence-electron chi connectivity index (χ2n) is 5.17. The maximum absolute atomic E-state index is 13.1. The number of amides is 1. The van der Waals surface area contributed by atoms with Crippen molar-refractivity contribution in [3.63, 3.8) is 0 Å². The third kappa shape index (κ3) is 3.90. The van der Waals surface area contributed by atoms with E-state index in [-0.39, 0.29) is 17.2 Å². The number of anilines is 2. The van der Waals surface area contributed by atoms with Crippen LogP contribution in [-0.4, -0.2) is 29.0 Å². The van der Waals surface area contributed by atoms with Crippen molar-refractivity contribution >= 4 is 55.9 Å². The highest BCUT2D eigenvalue weighted by molar-refractivity contribution is 9.10. The summed E-state index contributed by atoms with van der Waals surface area (Å²) >= 11 is 9.49. The second kappa shape index (κ2) is 7.48. The number of hydrogen-bond acceptors (Lipinski definition) is 6. The van der Waals surface area contributed by atoms with Crippen LogP contribution in [-0.2, 0) is 0 Å². The van der Waals surface area contributed by atoms with Crippen LogP contribution in [0.25, 0.3) is 11.1 Å². The lowest BCUT2D eigenvalue weighted by atomic mass is 10.1. The number of rotatable bonds is 6. The number of fused-ring (bicyclic) bond motifs is 1. The molecule has 0 bridgehead atoms. The quantitative estimate of drug-likeness (QED) is 0.534. The summed E-state index contributed by atoms with van der Waals surface area (Å²) in [6.45, 7) is -0.847. The number of nitrogens with zero attached hydrogens (tertiary/aromatic N) is 1. The van der Waals surface area contributed by atoms with Gasteiger partial charge in [-0.2, -0.15) is 9.37 Å². The molecule has 1 amide bonds. The number of hydrogen-bond donors (Lipinski definition) is 3. The van der Waals surface area contributed by atoms with E-state index in [1.54, 1.807) is 18.2 Å². The molecule has 0 aliphatic carbocycles. The third-order valence-electron chi connectivity index (χ3n) is 3.35. The molecule has 10 heteroatoms. The molecule has 0 saturated carbocycles. The maximum atomic E-state index is 13.1. The van der Waals surface area contributed by atoms with E-state index in [0.717, 1.165) is 4.47 Å². The van der Waals surface area contributed by atoms with E-state index in [9.17, 15) is 9.18 Å². The first-order valence-electron chi connectivity index (χ1n) is 7.25. The number of benzene rings is 2. The van der Waals surface area contributed by atoms with E-state index in [1.807, 2.05) is 0 Å². The van der Waals surface area contributed by atoms with Gasteiger partial charge >= 0.3 is 6.08 Å². The number of halogens is 3. The summed E-state index contributed by atoms with van der Waals surface area (Å²) in [5.41, 5.74) is 6.90. The zero-order valence-corrected chi connectivity index (χ0v) is 15.3. The van der Waals surface area contributed by atoms with Crippen molar-refractivity contribution < 1.29 is 23.4 Å². The molecule has 7 nitrogen and oxygen atoms in total. The van der Waals surface area contributed by atoms with E-state index in [2.05, 4.69) is 31.0 Å². The standard InChI is InChI=1S/C16H12BrClFN3O4/c17-7-1-2-10(9(18)3-7)21-11-5-12-13(4-8(11)15(20)24)25-16(22-12)26-14(19)6-23/h1-5,14,21,23H,6H2,(H2,20,24). The average molecular weight is 445 g/mol. The van der Waals surface area contributed by atoms with Gasteiger partial charge in [-0.15, -0.1) is 0 Å². The lowest BCUT2D eigenvalue weighted by Crippen LogP contribution is -2.14. The van der Waals surface area contributed by atoms with Gasteiger partial charge in [0.05, 0.1) is 22.0 Å². The monoisotopic (exact) mass is 443 g/mol. The van der Waals surface area contributed by atoms with E-state index in [1.165, 1.54) is 12.1 Å². The molecule has 26 heavy (non-hydrogen) atoms. The zero-order valence-electron chi connectivity index (χ0n) is 13.0. The fourth-order valence-corrected chi connectivity index (χ4v) is 2.91. The number of nitrogens with one attached hydrogen (secondary N) is 1. The predicted molar refractivity (Wildman–Crippen MR) is 97.6 cm³/mol. The summed E-state index contributed by atoms with van der Waals surface area (Å²) in [5.74, 6) is -0.708. The van der Waals surface area contributed by atoms with Gasteiger partial charge < -0.3 is 25.3 Å². The van der Waals surface area contributed by atoms with Crippen molar-refractivity contribution in [2.24, 2.45) is 5.73 Å². The molecule has 3 aromatic rings. The van der Waals surface area contributed by atoms with Crippen LogP contribution in [0.5, 0.6) is 6.08 Å². The Morgan fingerprint density at radius 1 is 1.42 bits per heavy atom. The highest BCUT2D eigenvalue weighted by atomic mass is 79.9. The van der Waals surface area contributed by atoms with Crippen molar-refractivity contribution in [3.05, 3.63) is 45.4 Å². The second-order valence-corrected chi connectivity index (χ2v) is 6.49. The number of aliphatic hydroxyl groups is 1.